The van der Waals surface area contributed by atoms with Crippen LogP contribution >= 0.6 is 0 Å². The first kappa shape index (κ1) is 11.6. The largest absolute Gasteiger partial charge is 0.482 e. The van der Waals surface area contributed by atoms with Gasteiger partial charge in [0.05, 0.1) is 0 Å². The third kappa shape index (κ3) is 7.70. The first-order chi connectivity index (χ1) is 5.45. The van der Waals surface area contributed by atoms with Crippen LogP contribution in [0, 0.1) is 0 Å². The smallest absolute Gasteiger partial charge is 0.449 e. The summed E-state index contributed by atoms with van der Waals surface area (Å²) in [6, 6.07) is 0. The van der Waals surface area contributed by atoms with Crippen molar-refractivity contribution in [1.29, 1.82) is 0 Å². The van der Waals surface area contributed by atoms with Gasteiger partial charge in [-0.25, -0.2) is 0 Å². The van der Waals surface area contributed by atoms with Gasteiger partial charge < -0.3 is 12.9 Å². The molecule has 0 unspecified atom stereocenters. The molecule has 4 heteroatoms. The Hall–Kier alpha value is -0.405. The van der Waals surface area contributed by atoms with Crippen LogP contribution in [0.3, 0.4) is 0 Å². The Morgan fingerprint density at radius 1 is 1.33 bits per heavy atom. The molecule has 0 saturated heterocycles. The summed E-state index contributed by atoms with van der Waals surface area (Å²) in [5.74, 6) is 0. The summed E-state index contributed by atoms with van der Waals surface area (Å²) in [4.78, 5) is 0. The van der Waals surface area contributed by atoms with Crippen LogP contribution < -0.4 is 0 Å². The van der Waals surface area contributed by atoms with Crippen molar-refractivity contribution in [1.82, 2.24) is 0 Å². The van der Waals surface area contributed by atoms with Crippen LogP contribution in [-0.2, 0) is 0 Å². The SMILES string of the molecule is CCCC/C(C)=C/C[B-](F)(F)F. The molecule has 0 aliphatic carbocycles. The second-order valence-electron chi connectivity index (χ2n) is 3.10. The van der Waals surface area contributed by atoms with Crippen molar-refractivity contribution >= 4 is 6.98 Å². The van der Waals surface area contributed by atoms with Crippen LogP contribution in [0.25, 0.3) is 0 Å². The van der Waals surface area contributed by atoms with Gasteiger partial charge in [0.2, 0.25) is 0 Å². The van der Waals surface area contributed by atoms with Crippen LogP contribution in [0.2, 0.25) is 6.32 Å². The van der Waals surface area contributed by atoms with E-state index in [4.69, 9.17) is 0 Å². The molecule has 0 nitrogen and oxygen atoms in total. The number of allylic oxidation sites excluding steroid dienone is 2. The average Bonchev–Trinajstić information content (AvgIpc) is 1.95. The van der Waals surface area contributed by atoms with Gasteiger partial charge in [-0.1, -0.05) is 25.2 Å². The zero-order chi connectivity index (χ0) is 9.61. The second-order valence-corrected chi connectivity index (χ2v) is 3.10. The molecule has 0 aromatic heterocycles. The fourth-order valence-electron chi connectivity index (χ4n) is 0.892. The molecule has 0 rings (SSSR count). The van der Waals surface area contributed by atoms with E-state index in [-0.39, 0.29) is 0 Å². The van der Waals surface area contributed by atoms with Crippen LogP contribution in [0.4, 0.5) is 12.9 Å². The molecule has 0 amide bonds. The summed E-state index contributed by atoms with van der Waals surface area (Å²) < 4.78 is 35.3. The molecule has 0 heterocycles. The summed E-state index contributed by atoms with van der Waals surface area (Å²) in [5, 5.41) is 0. The maximum absolute atomic E-state index is 11.8. The van der Waals surface area contributed by atoms with Crippen LogP contribution in [0.15, 0.2) is 11.6 Å². The fourth-order valence-corrected chi connectivity index (χ4v) is 0.892. The molecule has 72 valence electrons. The molecule has 0 saturated carbocycles. The molecular weight excluding hydrogens is 164 g/mol. The molecule has 0 bridgehead atoms. The van der Waals surface area contributed by atoms with Crippen molar-refractivity contribution in [3.63, 3.8) is 0 Å². The van der Waals surface area contributed by atoms with Gasteiger partial charge in [-0.05, 0) is 19.8 Å². The molecule has 0 N–H and O–H groups in total. The molecule has 0 spiro atoms. The third-order valence-electron chi connectivity index (χ3n) is 1.66. The summed E-state index contributed by atoms with van der Waals surface area (Å²) in [5.41, 5.74) is 0.857. The number of halogens is 3. The predicted octanol–water partition coefficient (Wildman–Crippen LogP) is 3.97. The number of hydrogen-bond acceptors (Lipinski definition) is 0. The topological polar surface area (TPSA) is 0 Å². The van der Waals surface area contributed by atoms with Crippen LogP contribution in [0.1, 0.15) is 33.1 Å². The maximum Gasteiger partial charge on any atom is 0.482 e. The van der Waals surface area contributed by atoms with E-state index < -0.39 is 13.3 Å². The lowest BCUT2D eigenvalue weighted by molar-refractivity contribution is 0.477. The first-order valence-corrected chi connectivity index (χ1v) is 4.32. The van der Waals surface area contributed by atoms with E-state index in [1.165, 1.54) is 6.08 Å². The van der Waals surface area contributed by atoms with Gasteiger partial charge in [0.15, 0.2) is 0 Å². The molecule has 12 heavy (non-hydrogen) atoms. The Labute approximate surface area is 71.9 Å². The summed E-state index contributed by atoms with van der Waals surface area (Å²) >= 11 is 0. The molecule has 0 aliphatic rings. The van der Waals surface area contributed by atoms with Gasteiger partial charge in [0.25, 0.3) is 0 Å². The summed E-state index contributed by atoms with van der Waals surface area (Å²) in [6.07, 6.45) is 3.38. The first-order valence-electron chi connectivity index (χ1n) is 4.32. The highest BCUT2D eigenvalue weighted by atomic mass is 19.4. The van der Waals surface area contributed by atoms with Crippen LogP contribution in [0.5, 0.6) is 0 Å². The molecule has 0 radical (unpaired) electrons. The van der Waals surface area contributed by atoms with Gasteiger partial charge in [-0.3, -0.25) is 0 Å². The Morgan fingerprint density at radius 3 is 2.33 bits per heavy atom. The standard InChI is InChI=1S/C8H15BF3/c1-3-4-5-8(2)6-7-9(10,11)12/h6H,3-5,7H2,1-2H3/q-1/b8-6+. The zero-order valence-electron chi connectivity index (χ0n) is 7.62. The molecule has 0 aliphatic heterocycles. The van der Waals surface area contributed by atoms with Crippen LogP contribution in [-0.4, -0.2) is 6.98 Å². The van der Waals surface area contributed by atoms with E-state index in [1.54, 1.807) is 6.92 Å². The Kier molecular flexibility index (Phi) is 5.10. The van der Waals surface area contributed by atoms with E-state index in [1.807, 2.05) is 6.92 Å². The zero-order valence-corrected chi connectivity index (χ0v) is 7.62. The van der Waals surface area contributed by atoms with Crippen molar-refractivity contribution in [2.45, 2.75) is 39.4 Å². The van der Waals surface area contributed by atoms with Gasteiger partial charge in [0.1, 0.15) is 0 Å². The minimum Gasteiger partial charge on any atom is -0.449 e. The Balaban J connectivity index is 3.69. The predicted molar refractivity (Wildman–Crippen MR) is 47.2 cm³/mol. The highest BCUT2D eigenvalue weighted by Gasteiger charge is 2.20. The van der Waals surface area contributed by atoms with E-state index in [2.05, 4.69) is 0 Å². The fraction of sp³-hybridized carbons (Fsp3) is 0.750. The van der Waals surface area contributed by atoms with Crippen molar-refractivity contribution in [2.24, 2.45) is 0 Å². The van der Waals surface area contributed by atoms with Gasteiger partial charge in [-0.15, -0.1) is 6.08 Å². The van der Waals surface area contributed by atoms with Gasteiger partial charge in [-0.2, -0.15) is 0 Å². The normalized spacial score (nSPS) is 13.6. The van der Waals surface area contributed by atoms with Gasteiger partial charge in [0, 0.05) is 0 Å². The minimum atomic E-state index is -4.63. The minimum absolute atomic E-state index is 0.727. The van der Waals surface area contributed by atoms with Crippen molar-refractivity contribution in [3.05, 3.63) is 11.6 Å². The number of rotatable bonds is 5. The lowest BCUT2D eigenvalue weighted by Crippen LogP contribution is -2.12. The van der Waals surface area contributed by atoms with Crippen molar-refractivity contribution < 1.29 is 12.9 Å². The molecule has 0 fully saturated rings. The molecule has 0 aromatic rings. The van der Waals surface area contributed by atoms with Gasteiger partial charge >= 0.3 is 6.98 Å². The Bertz CT molecular complexity index is 149. The highest BCUT2D eigenvalue weighted by molar-refractivity contribution is 6.58. The van der Waals surface area contributed by atoms with E-state index >= 15 is 0 Å². The quantitative estimate of drug-likeness (QED) is 0.442. The molecule has 0 atom stereocenters. The lowest BCUT2D eigenvalue weighted by Gasteiger charge is -2.10. The number of hydrogen-bond donors (Lipinski definition) is 0. The van der Waals surface area contributed by atoms with E-state index in [9.17, 15) is 12.9 Å². The monoisotopic (exact) mass is 179 g/mol. The maximum atomic E-state index is 11.8. The van der Waals surface area contributed by atoms with Crippen molar-refractivity contribution in [3.8, 4) is 0 Å². The van der Waals surface area contributed by atoms with E-state index in [0.29, 0.717) is 0 Å². The lowest BCUT2D eigenvalue weighted by atomic mass is 9.85. The van der Waals surface area contributed by atoms with E-state index in [0.717, 1.165) is 24.8 Å². The molecular formula is C8H15BF3-. The number of unbranched alkanes of at least 4 members (excludes halogenated alkanes) is 1. The summed E-state index contributed by atoms with van der Waals surface area (Å²) in [7, 11) is 0. The summed E-state index contributed by atoms with van der Waals surface area (Å²) in [6.45, 7) is -0.837. The second kappa shape index (κ2) is 5.28. The Morgan fingerprint density at radius 2 is 1.92 bits per heavy atom. The average molecular weight is 179 g/mol. The van der Waals surface area contributed by atoms with Crippen molar-refractivity contribution in [2.75, 3.05) is 0 Å². The molecule has 0 aromatic carbocycles. The third-order valence-corrected chi connectivity index (χ3v) is 1.66. The highest BCUT2D eigenvalue weighted by Crippen LogP contribution is 2.17.